The number of ether oxygens (including phenoxy) is 1. The fourth-order valence-electron chi connectivity index (χ4n) is 6.01. The Bertz CT molecular complexity index is 1790. The molecule has 8 rings (SSSR count). The van der Waals surface area contributed by atoms with Gasteiger partial charge in [0.2, 0.25) is 10.0 Å². The number of aryl methyl sites for hydroxylation is 1. The van der Waals surface area contributed by atoms with Gasteiger partial charge in [-0.25, -0.2) is 23.2 Å². The van der Waals surface area contributed by atoms with Crippen LogP contribution in [0, 0.1) is 6.92 Å². The van der Waals surface area contributed by atoms with Crippen molar-refractivity contribution in [3.05, 3.63) is 40.0 Å². The molecule has 16 heteroatoms. The quantitative estimate of drug-likeness (QED) is 0.278. The molecule has 1 N–H and O–H groups in total. The number of furan rings is 1. The minimum absolute atomic E-state index is 0. The second-order valence-corrected chi connectivity index (χ2v) is 14.1. The number of sulfonamides is 1. The first-order chi connectivity index (χ1) is 22.2. The van der Waals surface area contributed by atoms with Crippen molar-refractivity contribution in [2.45, 2.75) is 82.8 Å². The third kappa shape index (κ3) is 6.09. The highest BCUT2D eigenvalue weighted by Crippen LogP contribution is 2.39. The Morgan fingerprint density at radius 2 is 1.91 bits per heavy atom. The number of piperazine rings is 1. The Morgan fingerprint density at radius 1 is 1.11 bits per heavy atom. The Balaban J connectivity index is 0.000000172. The number of fused-ring (bicyclic) bond motifs is 2. The second-order valence-electron chi connectivity index (χ2n) is 11.3. The first-order valence-electron chi connectivity index (χ1n) is 15.7. The monoisotopic (exact) mass is 675 g/mol. The van der Waals surface area contributed by atoms with Crippen molar-refractivity contribution in [2.24, 2.45) is 0 Å². The maximum atomic E-state index is 12.1. The van der Waals surface area contributed by atoms with Gasteiger partial charge in [0.15, 0.2) is 23.2 Å². The minimum Gasteiger partial charge on any atom is -0.455 e. The molecule has 1 aliphatic carbocycles. The zero-order chi connectivity index (χ0) is 32.6. The van der Waals surface area contributed by atoms with E-state index in [0.29, 0.717) is 40.5 Å². The highest BCUT2D eigenvalue weighted by Gasteiger charge is 2.46. The largest absolute Gasteiger partial charge is 0.455 e. The number of hydrogen-bond acceptors (Lipinski definition) is 14. The van der Waals surface area contributed by atoms with Gasteiger partial charge in [-0.1, -0.05) is 31.1 Å². The molecule has 0 unspecified atom stereocenters. The lowest BCUT2D eigenvalue weighted by Gasteiger charge is -2.57. The maximum Gasteiger partial charge on any atom is 0.293 e. The highest BCUT2D eigenvalue weighted by molar-refractivity contribution is 7.89. The van der Waals surface area contributed by atoms with Crippen LogP contribution in [-0.4, -0.2) is 83.9 Å². The number of thiophene rings is 1. The Labute approximate surface area is 273 Å². The van der Waals surface area contributed by atoms with E-state index in [1.54, 1.807) is 5.38 Å². The molecule has 0 spiro atoms. The van der Waals surface area contributed by atoms with Gasteiger partial charge >= 0.3 is 0 Å². The number of nitrogens with one attached hydrogen (secondary N) is 1. The summed E-state index contributed by atoms with van der Waals surface area (Å²) in [6.07, 6.45) is 4.40. The van der Waals surface area contributed by atoms with Crippen molar-refractivity contribution < 1.29 is 32.8 Å². The summed E-state index contributed by atoms with van der Waals surface area (Å²) in [7, 11) is -2.08. The van der Waals surface area contributed by atoms with Crippen LogP contribution in [0.2, 0.25) is 0 Å². The lowest BCUT2D eigenvalue weighted by Crippen LogP contribution is -2.69. The van der Waals surface area contributed by atoms with Crippen LogP contribution in [0.25, 0.3) is 22.4 Å². The summed E-state index contributed by atoms with van der Waals surface area (Å²) < 4.78 is 47.9. The van der Waals surface area contributed by atoms with Gasteiger partial charge < -0.3 is 18.2 Å². The van der Waals surface area contributed by atoms with E-state index in [0.717, 1.165) is 68.8 Å². The number of hydrazine groups is 1. The van der Waals surface area contributed by atoms with Gasteiger partial charge in [-0.15, -0.1) is 11.3 Å². The number of nitrogens with zero attached hydrogens (tertiary/aromatic N) is 6. The number of rotatable bonds is 7. The zero-order valence-corrected chi connectivity index (χ0v) is 28.2. The molecule has 250 valence electrons. The van der Waals surface area contributed by atoms with Crippen LogP contribution in [0.1, 0.15) is 93.2 Å². The number of Topliss-reactive ketones (excluding diaryl/α,β-unsaturated/α-hetero) is 1. The van der Waals surface area contributed by atoms with Gasteiger partial charge in [-0.3, -0.25) is 4.79 Å². The van der Waals surface area contributed by atoms with Crippen LogP contribution in [0.5, 0.6) is 0 Å². The van der Waals surface area contributed by atoms with Crippen LogP contribution in [0.4, 0.5) is 0 Å². The third-order valence-corrected chi connectivity index (χ3v) is 11.1. The lowest BCUT2D eigenvalue weighted by atomic mass is 9.94. The van der Waals surface area contributed by atoms with Gasteiger partial charge in [0, 0.05) is 57.4 Å². The number of carbonyl (C=O) groups excluding carboxylic acids is 1. The lowest BCUT2D eigenvalue weighted by molar-refractivity contribution is -0.239. The third-order valence-electron chi connectivity index (χ3n) is 8.67. The Morgan fingerprint density at radius 3 is 2.57 bits per heavy atom. The van der Waals surface area contributed by atoms with E-state index in [1.807, 2.05) is 27.7 Å². The molecule has 0 aromatic carbocycles. The molecular formula is C30H41N7O7S2. The first kappa shape index (κ1) is 32.7. The molecule has 3 atom stereocenters. The van der Waals surface area contributed by atoms with Crippen LogP contribution in [0.15, 0.2) is 29.8 Å². The fourth-order valence-corrected chi connectivity index (χ4v) is 7.93. The van der Waals surface area contributed by atoms with E-state index < -0.39 is 10.0 Å². The van der Waals surface area contributed by atoms with Crippen LogP contribution in [0.3, 0.4) is 0 Å². The van der Waals surface area contributed by atoms with Crippen molar-refractivity contribution in [1.29, 1.82) is 0 Å². The van der Waals surface area contributed by atoms with Crippen molar-refractivity contribution in [3.8, 4) is 22.4 Å². The van der Waals surface area contributed by atoms with Crippen LogP contribution >= 0.6 is 11.3 Å². The average Bonchev–Trinajstić information content (AvgIpc) is 3.89. The minimum atomic E-state index is -3.46. The van der Waals surface area contributed by atoms with Crippen LogP contribution < -0.4 is 4.72 Å². The Kier molecular flexibility index (Phi) is 9.55. The normalized spacial score (nSPS) is 21.6. The van der Waals surface area contributed by atoms with E-state index in [2.05, 4.69) is 35.0 Å². The first-order valence-corrected chi connectivity index (χ1v) is 18.1. The predicted molar refractivity (Wildman–Crippen MR) is 170 cm³/mol. The molecule has 14 nitrogen and oxygen atoms in total. The topological polar surface area (TPSA) is 170 Å². The predicted octanol–water partition coefficient (Wildman–Crippen LogP) is 5.01. The summed E-state index contributed by atoms with van der Waals surface area (Å²) in [6.45, 7) is 11.8. The average molecular weight is 676 g/mol. The zero-order valence-electron chi connectivity index (χ0n) is 26.6. The number of aromatic nitrogens is 4. The number of hydrogen-bond donors (Lipinski definition) is 1. The molecule has 0 saturated carbocycles. The van der Waals surface area contributed by atoms with E-state index in [-0.39, 0.29) is 30.2 Å². The SMILES string of the molecule is CC.CNS(=O)(=O)c1csc(-c2nc([C@@H](C)[C@@H]3CCCO3)no2)c1.Cc1c(-c2nc([C@H]3CN4CCN34)no2)oc2c1C(=O)CCC2.[HH]. The summed E-state index contributed by atoms with van der Waals surface area (Å²) in [5.41, 5.74) is 1.55. The van der Waals surface area contributed by atoms with Crippen LogP contribution in [-0.2, 0) is 21.2 Å². The molecule has 3 saturated heterocycles. The van der Waals surface area contributed by atoms with Gasteiger partial charge in [-0.05, 0) is 39.3 Å². The fraction of sp³-hybridized carbons (Fsp3) is 0.567. The number of ketones is 1. The highest BCUT2D eigenvalue weighted by atomic mass is 32.2. The van der Waals surface area contributed by atoms with Gasteiger partial charge in [0.25, 0.3) is 11.8 Å². The summed E-state index contributed by atoms with van der Waals surface area (Å²) in [4.78, 5) is 21.8. The Hall–Kier alpha value is -3.28. The molecule has 0 radical (unpaired) electrons. The maximum absolute atomic E-state index is 12.1. The standard InChI is InChI=1S/C15H16N4O3.C13H17N3O4S2.C2H6.H2/c1-8-12-10(20)3-2-4-11(12)21-13(8)15-16-14(17-22-15)9-7-18-5-6-19(9)18;1-8(10-4-3-5-19-10)12-15-13(20-16-12)11-6-9(7-21-11)22(17,18)14-2;1-2;/h9H,2-7H2,1H3;6-8,10,14H,3-5H2,1-2H3;1-2H3;1H/t9-;8-,10-;;/m10../s1. The smallest absolute Gasteiger partial charge is 0.293 e. The molecule has 0 amide bonds. The summed E-state index contributed by atoms with van der Waals surface area (Å²) in [5.74, 6) is 3.54. The molecule has 0 bridgehead atoms. The summed E-state index contributed by atoms with van der Waals surface area (Å²) in [5, 5.41) is 14.1. The van der Waals surface area contributed by atoms with E-state index in [4.69, 9.17) is 18.2 Å². The molecule has 3 fully saturated rings. The van der Waals surface area contributed by atoms with Gasteiger partial charge in [0.05, 0.1) is 21.4 Å². The van der Waals surface area contributed by atoms with Gasteiger partial charge in [0.1, 0.15) is 11.8 Å². The second kappa shape index (κ2) is 13.4. The molecule has 4 aromatic rings. The van der Waals surface area contributed by atoms with Crippen molar-refractivity contribution in [1.82, 2.24) is 35.0 Å². The molecule has 4 aromatic heterocycles. The molecule has 4 aliphatic rings. The number of carbonyl (C=O) groups is 1. The van der Waals surface area contributed by atoms with Crippen molar-refractivity contribution in [2.75, 3.05) is 33.3 Å². The van der Waals surface area contributed by atoms with E-state index >= 15 is 0 Å². The van der Waals surface area contributed by atoms with E-state index in [9.17, 15) is 13.2 Å². The molecular weight excluding hydrogens is 635 g/mol. The molecule has 3 aliphatic heterocycles. The molecule has 46 heavy (non-hydrogen) atoms. The molecule has 7 heterocycles. The van der Waals surface area contributed by atoms with Crippen molar-refractivity contribution >= 4 is 27.1 Å². The van der Waals surface area contributed by atoms with E-state index in [1.165, 1.54) is 24.5 Å². The van der Waals surface area contributed by atoms with Crippen molar-refractivity contribution in [3.63, 3.8) is 0 Å². The summed E-state index contributed by atoms with van der Waals surface area (Å²) in [6, 6.07) is 1.75. The van der Waals surface area contributed by atoms with Gasteiger partial charge in [-0.2, -0.15) is 9.97 Å². The summed E-state index contributed by atoms with van der Waals surface area (Å²) >= 11 is 1.26.